The molecule has 4 fully saturated rings. The molecule has 412 valence electrons. The molecular formula is C53H58BBrCl4N4O12S2. The number of carbonyl (C=O) groups is 4. The van der Waals surface area contributed by atoms with E-state index in [2.05, 4.69) is 57.9 Å². The van der Waals surface area contributed by atoms with Crippen LogP contribution in [0.15, 0.2) is 91.3 Å². The minimum atomic E-state index is -1.04. The Hall–Kier alpha value is -4.77. The average molecular weight is 1240 g/mol. The molecule has 5 N–H and O–H groups in total. The minimum Gasteiger partial charge on any atom is -0.481 e. The van der Waals surface area contributed by atoms with Gasteiger partial charge in [0.2, 0.25) is 11.8 Å². The molecule has 2 aromatic heterocycles. The number of rotatable bonds is 16. The second-order valence-corrected chi connectivity index (χ2v) is 22.0. The zero-order valence-electron chi connectivity index (χ0n) is 42.3. The summed E-state index contributed by atoms with van der Waals surface area (Å²) in [5, 5.41) is 50.6. The van der Waals surface area contributed by atoms with E-state index >= 15 is 0 Å². The van der Waals surface area contributed by atoms with Gasteiger partial charge in [0.05, 0.1) is 56.6 Å². The molecule has 4 aromatic carbocycles. The molecule has 2 heterocycles. The smallest absolute Gasteiger partial charge is 0.454 e. The number of hydrogen-bond donors (Lipinski definition) is 5. The Morgan fingerprint density at radius 1 is 0.701 bits per heavy atom. The number of hydrogen-bond acceptors (Lipinski definition) is 15. The molecule has 10 rings (SSSR count). The van der Waals surface area contributed by atoms with Crippen LogP contribution in [0.2, 0.25) is 25.9 Å². The van der Waals surface area contributed by atoms with Gasteiger partial charge in [0.1, 0.15) is 0 Å². The maximum Gasteiger partial charge on any atom is 0.454 e. The highest BCUT2D eigenvalue weighted by atomic mass is 79.9. The van der Waals surface area contributed by atoms with Crippen LogP contribution in [-0.2, 0) is 19.1 Å². The Morgan fingerprint density at radius 2 is 1.23 bits per heavy atom. The lowest BCUT2D eigenvalue weighted by Gasteiger charge is -2.04. The number of unbranched alkanes of at least 4 members (excludes halogenated alkanes) is 1. The number of nitrogens with one attached hydrogen (secondary N) is 1. The first-order chi connectivity index (χ1) is 36.8. The van der Waals surface area contributed by atoms with Crippen molar-refractivity contribution in [3.8, 4) is 22.9 Å². The van der Waals surface area contributed by atoms with Gasteiger partial charge in [-0.3, -0.25) is 9.59 Å². The normalized spacial score (nSPS) is 13.9. The molecule has 0 atom stereocenters. The second-order valence-electron chi connectivity index (χ2n) is 18.0. The highest BCUT2D eigenvalue weighted by Gasteiger charge is 2.33. The lowest BCUT2D eigenvalue weighted by atomic mass is 9.84. The third-order valence-electron chi connectivity index (χ3n) is 11.8. The van der Waals surface area contributed by atoms with Crippen molar-refractivity contribution in [1.82, 2.24) is 20.4 Å². The van der Waals surface area contributed by atoms with Crippen molar-refractivity contribution in [3.63, 3.8) is 0 Å². The SMILES string of the molecule is CCCCC(=O)OC.COC(=O)c1ccc(C2CC2)cc1Cl.O=C(O)CCCSc1nnc(-c2ccc(C3CC3)cc2Cl)o1.O=C(O)c1ccc(Br)cc1Cl.OB(O)C1CC1.S=c1[nH]nc(-c2ccc(C3CC3)cc2Cl)o1. The molecule has 0 saturated heterocycles. The van der Waals surface area contributed by atoms with Gasteiger partial charge in [-0.1, -0.05) is 118 Å². The third-order valence-corrected chi connectivity index (χ3v) is 14.6. The van der Waals surface area contributed by atoms with Gasteiger partial charge in [0.15, 0.2) is 0 Å². The summed E-state index contributed by atoms with van der Waals surface area (Å²) in [5.41, 5.74) is 5.85. The Morgan fingerprint density at radius 3 is 1.65 bits per heavy atom. The van der Waals surface area contributed by atoms with E-state index in [0.717, 1.165) is 41.3 Å². The fourth-order valence-electron chi connectivity index (χ4n) is 6.81. The van der Waals surface area contributed by atoms with Crippen molar-refractivity contribution in [2.24, 2.45) is 0 Å². The highest BCUT2D eigenvalue weighted by molar-refractivity contribution is 9.10. The fraction of sp³-hybridized carbons (Fsp3) is 0.396. The summed E-state index contributed by atoms with van der Waals surface area (Å²) in [6, 6.07) is 22.1. The van der Waals surface area contributed by atoms with Gasteiger partial charge in [-0.25, -0.2) is 14.7 Å². The van der Waals surface area contributed by atoms with Gasteiger partial charge in [-0.15, -0.1) is 15.3 Å². The monoisotopic (exact) mass is 1240 g/mol. The Balaban J connectivity index is 0.000000178. The van der Waals surface area contributed by atoms with Crippen LogP contribution in [0.1, 0.15) is 146 Å². The van der Waals surface area contributed by atoms with Crippen LogP contribution in [0.5, 0.6) is 0 Å². The molecule has 0 radical (unpaired) electrons. The molecule has 0 spiro atoms. The number of H-pyrrole nitrogens is 1. The number of benzene rings is 4. The fourth-order valence-corrected chi connectivity index (χ4v) is 9.20. The summed E-state index contributed by atoms with van der Waals surface area (Å²) in [6.45, 7) is 2.04. The summed E-state index contributed by atoms with van der Waals surface area (Å²) in [6.07, 6.45) is 12.7. The predicted octanol–water partition coefficient (Wildman–Crippen LogP) is 14.9. The molecule has 0 unspecified atom stereocenters. The first-order valence-electron chi connectivity index (χ1n) is 24.6. The number of nitrogens with zero attached hydrogens (tertiary/aromatic N) is 3. The van der Waals surface area contributed by atoms with E-state index < -0.39 is 19.1 Å². The van der Waals surface area contributed by atoms with E-state index in [4.69, 9.17) is 87.7 Å². The highest BCUT2D eigenvalue weighted by Crippen LogP contribution is 2.44. The molecule has 16 nitrogen and oxygen atoms in total. The molecule has 77 heavy (non-hydrogen) atoms. The number of carboxylic acids is 2. The lowest BCUT2D eigenvalue weighted by molar-refractivity contribution is -0.140. The second kappa shape index (κ2) is 31.7. The van der Waals surface area contributed by atoms with Crippen molar-refractivity contribution in [2.75, 3.05) is 20.0 Å². The summed E-state index contributed by atoms with van der Waals surface area (Å²) >= 11 is 33.4. The first kappa shape index (κ1) is 63.1. The molecule has 4 aliphatic carbocycles. The quantitative estimate of drug-likeness (QED) is 0.0199. The molecule has 0 aliphatic heterocycles. The topological polar surface area (TPSA) is 248 Å². The molecule has 0 bridgehead atoms. The maximum atomic E-state index is 11.2. The molecular weight excluding hydrogens is 1180 g/mol. The Kier molecular flexibility index (Phi) is 26.0. The number of aromatic nitrogens is 4. The molecule has 4 aliphatic rings. The average Bonchev–Trinajstić information content (AvgIpc) is 4.18. The molecule has 4 saturated carbocycles. The lowest BCUT2D eigenvalue weighted by Crippen LogP contribution is -2.09. The van der Waals surface area contributed by atoms with Crippen molar-refractivity contribution in [1.29, 1.82) is 0 Å². The van der Waals surface area contributed by atoms with Crippen molar-refractivity contribution in [2.45, 2.75) is 119 Å². The van der Waals surface area contributed by atoms with E-state index in [9.17, 15) is 19.2 Å². The Bertz CT molecular complexity index is 2980. The van der Waals surface area contributed by atoms with E-state index in [1.165, 1.54) is 87.3 Å². The van der Waals surface area contributed by atoms with Crippen LogP contribution in [0.25, 0.3) is 22.9 Å². The summed E-state index contributed by atoms with van der Waals surface area (Å²) in [7, 11) is 1.73. The first-order valence-corrected chi connectivity index (χ1v) is 28.3. The molecule has 6 aromatic rings. The molecule has 0 amide bonds. The number of ether oxygens (including phenoxy) is 2. The van der Waals surface area contributed by atoms with E-state index in [0.29, 0.717) is 74.0 Å². The number of thioether (sulfide) groups is 1. The molecule has 24 heteroatoms. The van der Waals surface area contributed by atoms with Crippen molar-refractivity contribution < 1.29 is 57.7 Å². The number of methoxy groups -OCH3 is 2. The van der Waals surface area contributed by atoms with Crippen LogP contribution in [0.4, 0.5) is 0 Å². The van der Waals surface area contributed by atoms with Gasteiger partial charge >= 0.3 is 31.0 Å². The summed E-state index contributed by atoms with van der Waals surface area (Å²) in [4.78, 5) is 42.7. The van der Waals surface area contributed by atoms with Gasteiger partial charge < -0.3 is 38.6 Å². The van der Waals surface area contributed by atoms with Crippen LogP contribution < -0.4 is 0 Å². The number of carbonyl (C=O) groups excluding carboxylic acids is 2. The van der Waals surface area contributed by atoms with E-state index in [-0.39, 0.29) is 39.6 Å². The van der Waals surface area contributed by atoms with E-state index in [1.807, 2.05) is 43.3 Å². The number of aliphatic carboxylic acids is 1. The van der Waals surface area contributed by atoms with Gasteiger partial charge in [0.25, 0.3) is 10.1 Å². The predicted molar refractivity (Wildman–Crippen MR) is 304 cm³/mol. The number of halogens is 5. The number of aromatic amines is 1. The number of aromatic carboxylic acids is 1. The van der Waals surface area contributed by atoms with Crippen molar-refractivity contribution >= 4 is 117 Å². The maximum absolute atomic E-state index is 11.2. The van der Waals surface area contributed by atoms with Gasteiger partial charge in [-0.2, -0.15) is 0 Å². The zero-order chi connectivity index (χ0) is 56.2. The summed E-state index contributed by atoms with van der Waals surface area (Å²) < 4.78 is 20.6. The van der Waals surface area contributed by atoms with Crippen molar-refractivity contribution in [3.05, 3.63) is 130 Å². The Labute approximate surface area is 484 Å². The largest absolute Gasteiger partial charge is 0.481 e. The number of carboxylic acid groups (broad SMARTS) is 2. The summed E-state index contributed by atoms with van der Waals surface area (Å²) in [5.74, 6) is 1.38. The standard InChI is InChI=1S/C15H15ClN2O3S.C11H9ClN2OS.C11H11ClO2.C7H4BrClO2.C6H12O2.C3H7BO2/c16-12-8-10(9-3-4-9)5-6-11(12)14-17-18-15(21-14)22-7-1-2-13(19)20;12-9-5-7(6-1-2-6)3-4-8(9)10-13-14-11(16)15-10;1-14-11(13)9-5-4-8(6-10(9)12)7-2-3-7;8-4-1-2-5(7(10)11)6(9)3-4;1-3-4-5-6(7)8-2;5-4(6)3-1-2-3/h5-6,8-9H,1-4,7H2,(H,19,20);3-6H,1-2H2,(H,14,16);4-7H,2-3H2,1H3;1-3H,(H,10,11);3-5H2,1-2H3;3,5-6H,1-2H2. The van der Waals surface area contributed by atoms with Gasteiger partial charge in [-0.05, 0) is 158 Å². The van der Waals surface area contributed by atoms with Crippen LogP contribution in [0.3, 0.4) is 0 Å². The van der Waals surface area contributed by atoms with Gasteiger partial charge in [0, 0.05) is 23.1 Å². The van der Waals surface area contributed by atoms with E-state index in [1.54, 1.807) is 18.2 Å². The van der Waals surface area contributed by atoms with Crippen LogP contribution in [-0.4, -0.2) is 91.6 Å². The van der Waals surface area contributed by atoms with Crippen LogP contribution >= 0.6 is 86.3 Å². The zero-order valence-corrected chi connectivity index (χ0v) is 48.6. The third kappa shape index (κ3) is 22.1. The van der Waals surface area contributed by atoms with Crippen LogP contribution in [0, 0.1) is 4.84 Å². The number of esters is 2. The minimum absolute atomic E-state index is 0.105.